The summed E-state index contributed by atoms with van der Waals surface area (Å²) in [6.07, 6.45) is 8.79. The molecule has 0 amide bonds. The summed E-state index contributed by atoms with van der Waals surface area (Å²) in [4.78, 5) is 19.9. The van der Waals surface area contributed by atoms with Crippen molar-refractivity contribution in [3.8, 4) is 0 Å². The van der Waals surface area contributed by atoms with Gasteiger partial charge in [-0.25, -0.2) is 15.0 Å². The van der Waals surface area contributed by atoms with Gasteiger partial charge in [-0.2, -0.15) is 0 Å². The number of hydrogen-bond acceptors (Lipinski definition) is 6. The number of nitrogen functional groups attached to an aromatic ring is 1. The third-order valence-electron chi connectivity index (χ3n) is 10.1. The zero-order chi connectivity index (χ0) is 29.8. The summed E-state index contributed by atoms with van der Waals surface area (Å²) in [7, 11) is 0. The smallest absolute Gasteiger partial charge is 0.145 e. The van der Waals surface area contributed by atoms with Crippen LogP contribution in [0.1, 0.15) is 84.7 Å². The van der Waals surface area contributed by atoms with Crippen molar-refractivity contribution >= 4 is 27.9 Å². The van der Waals surface area contributed by atoms with E-state index in [0.717, 1.165) is 59.7 Å². The summed E-state index contributed by atoms with van der Waals surface area (Å²) in [5.74, 6) is 3.63. The molecule has 4 unspecified atom stereocenters. The lowest BCUT2D eigenvalue weighted by Crippen LogP contribution is -2.48. The molecule has 8 nitrogen and oxygen atoms in total. The Balaban J connectivity index is 1.07. The maximum absolute atomic E-state index is 11.3. The maximum atomic E-state index is 11.3. The van der Waals surface area contributed by atoms with Crippen molar-refractivity contribution in [1.82, 2.24) is 29.4 Å². The lowest BCUT2D eigenvalue weighted by atomic mass is 9.76. The zero-order valence-corrected chi connectivity index (χ0v) is 26.2. The van der Waals surface area contributed by atoms with Gasteiger partial charge in [0.25, 0.3) is 0 Å². The Morgan fingerprint density at radius 1 is 1.14 bits per heavy atom. The van der Waals surface area contributed by atoms with E-state index >= 15 is 0 Å². The molecule has 2 fully saturated rings. The number of nitrogens with zero attached hydrogens (tertiary/aromatic N) is 5. The van der Waals surface area contributed by atoms with Crippen molar-refractivity contribution in [2.75, 3.05) is 18.8 Å². The number of anilines is 1. The first-order chi connectivity index (χ1) is 20.0. The number of rotatable bonds is 9. The molecule has 226 valence electrons. The Bertz CT molecular complexity index is 1530. The molecule has 6 rings (SSSR count). The predicted octanol–water partition coefficient (Wildman–Crippen LogP) is 6.11. The number of aryl methyl sites for hydroxylation is 1. The molecule has 3 heterocycles. The van der Waals surface area contributed by atoms with Gasteiger partial charge in [0.2, 0.25) is 0 Å². The SMILES string of the molecule is CC(C)CN(CC1CC(n2ccc3c(N)ncnc32)C(O)C1C)C1CC(CCc2nc3ccc(C(C)(C)C)cc3[nH]2)C1. The van der Waals surface area contributed by atoms with Crippen LogP contribution >= 0.6 is 0 Å². The number of H-pyrrole nitrogens is 1. The highest BCUT2D eigenvalue weighted by molar-refractivity contribution is 5.86. The summed E-state index contributed by atoms with van der Waals surface area (Å²) < 4.78 is 2.13. The minimum absolute atomic E-state index is 0.00938. The van der Waals surface area contributed by atoms with Gasteiger partial charge in [-0.05, 0) is 78.5 Å². The fraction of sp³-hybridized carbons (Fsp3) is 0.618. The van der Waals surface area contributed by atoms with E-state index < -0.39 is 6.10 Å². The Kier molecular flexibility index (Phi) is 7.81. The molecule has 3 aromatic heterocycles. The van der Waals surface area contributed by atoms with E-state index in [1.807, 2.05) is 12.3 Å². The number of imidazole rings is 1. The van der Waals surface area contributed by atoms with E-state index in [-0.39, 0.29) is 17.4 Å². The van der Waals surface area contributed by atoms with Crippen LogP contribution in [-0.4, -0.2) is 59.7 Å². The van der Waals surface area contributed by atoms with Crippen molar-refractivity contribution in [2.24, 2.45) is 23.7 Å². The summed E-state index contributed by atoms with van der Waals surface area (Å²) in [5, 5.41) is 12.2. The fourth-order valence-corrected chi connectivity index (χ4v) is 7.44. The average Bonchev–Trinajstić information content (AvgIpc) is 3.59. The van der Waals surface area contributed by atoms with Crippen LogP contribution in [0.15, 0.2) is 36.8 Å². The molecule has 4 atom stereocenters. The van der Waals surface area contributed by atoms with Crippen LogP contribution in [0.5, 0.6) is 0 Å². The summed E-state index contributed by atoms with van der Waals surface area (Å²) in [5.41, 5.74) is 10.6. The molecule has 8 heteroatoms. The second-order valence-corrected chi connectivity index (χ2v) is 14.7. The van der Waals surface area contributed by atoms with Crippen molar-refractivity contribution in [3.63, 3.8) is 0 Å². The number of aromatic amines is 1. The topological polar surface area (TPSA) is 109 Å². The molecule has 2 aliphatic rings. The lowest BCUT2D eigenvalue weighted by molar-refractivity contribution is 0.0387. The molecule has 4 N–H and O–H groups in total. The van der Waals surface area contributed by atoms with Gasteiger partial charge < -0.3 is 20.4 Å². The van der Waals surface area contributed by atoms with Gasteiger partial charge in [-0.3, -0.25) is 4.90 Å². The first kappa shape index (κ1) is 29.1. The highest BCUT2D eigenvalue weighted by atomic mass is 16.3. The van der Waals surface area contributed by atoms with E-state index in [1.165, 1.54) is 31.2 Å². The molecule has 2 aliphatic carbocycles. The minimum atomic E-state index is -0.403. The number of hydrogen-bond donors (Lipinski definition) is 3. The number of aliphatic hydroxyl groups excluding tert-OH is 1. The molecule has 0 bridgehead atoms. The molecule has 4 aromatic rings. The monoisotopic (exact) mass is 571 g/mol. The molecule has 0 saturated heterocycles. The Morgan fingerprint density at radius 3 is 2.67 bits per heavy atom. The van der Waals surface area contributed by atoms with Gasteiger partial charge in [-0.15, -0.1) is 0 Å². The largest absolute Gasteiger partial charge is 0.391 e. The third kappa shape index (κ3) is 5.68. The maximum Gasteiger partial charge on any atom is 0.145 e. The average molecular weight is 572 g/mol. The predicted molar refractivity (Wildman–Crippen MR) is 170 cm³/mol. The molecular formula is C34H49N7O. The van der Waals surface area contributed by atoms with Gasteiger partial charge >= 0.3 is 0 Å². The van der Waals surface area contributed by atoms with E-state index in [0.29, 0.717) is 23.7 Å². The minimum Gasteiger partial charge on any atom is -0.391 e. The normalized spacial score (nSPS) is 26.6. The number of nitrogens with one attached hydrogen (secondary N) is 1. The number of fused-ring (bicyclic) bond motifs is 2. The second kappa shape index (κ2) is 11.3. The number of nitrogens with two attached hydrogens (primary N) is 1. The number of aliphatic hydroxyl groups is 1. The number of aromatic nitrogens is 5. The molecule has 42 heavy (non-hydrogen) atoms. The summed E-state index contributed by atoms with van der Waals surface area (Å²) in [6.45, 7) is 15.8. The van der Waals surface area contributed by atoms with Crippen LogP contribution < -0.4 is 5.73 Å². The molecule has 0 radical (unpaired) electrons. The zero-order valence-electron chi connectivity index (χ0n) is 26.2. The van der Waals surface area contributed by atoms with E-state index in [9.17, 15) is 5.11 Å². The molecule has 0 aliphatic heterocycles. The first-order valence-corrected chi connectivity index (χ1v) is 16.0. The lowest BCUT2D eigenvalue weighted by Gasteiger charge is -2.45. The fourth-order valence-electron chi connectivity index (χ4n) is 7.44. The Morgan fingerprint density at radius 2 is 1.93 bits per heavy atom. The molecular weight excluding hydrogens is 522 g/mol. The van der Waals surface area contributed by atoms with Gasteiger partial charge in [0.05, 0.1) is 28.6 Å². The van der Waals surface area contributed by atoms with Crippen LogP contribution in [0.4, 0.5) is 5.82 Å². The highest BCUT2D eigenvalue weighted by Crippen LogP contribution is 2.43. The van der Waals surface area contributed by atoms with Crippen LogP contribution in [0.2, 0.25) is 0 Å². The van der Waals surface area contributed by atoms with Crippen LogP contribution in [-0.2, 0) is 11.8 Å². The quantitative estimate of drug-likeness (QED) is 0.224. The third-order valence-corrected chi connectivity index (χ3v) is 10.1. The van der Waals surface area contributed by atoms with Crippen molar-refractivity contribution < 1.29 is 5.11 Å². The van der Waals surface area contributed by atoms with Crippen molar-refractivity contribution in [1.29, 1.82) is 0 Å². The highest BCUT2D eigenvalue weighted by Gasteiger charge is 2.43. The Labute approximate surface area is 250 Å². The van der Waals surface area contributed by atoms with Gasteiger partial charge in [0.1, 0.15) is 23.6 Å². The van der Waals surface area contributed by atoms with Crippen molar-refractivity contribution in [2.45, 2.75) is 97.2 Å². The van der Waals surface area contributed by atoms with Crippen LogP contribution in [0.3, 0.4) is 0 Å². The molecule has 1 aromatic carbocycles. The van der Waals surface area contributed by atoms with Gasteiger partial charge in [0, 0.05) is 31.7 Å². The van der Waals surface area contributed by atoms with Gasteiger partial charge in [0.15, 0.2) is 0 Å². The van der Waals surface area contributed by atoms with E-state index in [4.69, 9.17) is 10.7 Å². The van der Waals surface area contributed by atoms with Gasteiger partial charge in [-0.1, -0.05) is 47.6 Å². The summed E-state index contributed by atoms with van der Waals surface area (Å²) in [6, 6.07) is 9.25. The van der Waals surface area contributed by atoms with Crippen LogP contribution in [0, 0.1) is 23.7 Å². The van der Waals surface area contributed by atoms with Crippen molar-refractivity contribution in [3.05, 3.63) is 48.2 Å². The number of benzene rings is 1. The first-order valence-electron chi connectivity index (χ1n) is 16.0. The second-order valence-electron chi connectivity index (χ2n) is 14.7. The molecule has 2 saturated carbocycles. The van der Waals surface area contributed by atoms with E-state index in [2.05, 4.69) is 84.2 Å². The summed E-state index contributed by atoms with van der Waals surface area (Å²) >= 11 is 0. The standard InChI is InChI=1S/C34H49N7O/c1-20(2)17-40(18-23-15-29(31(42)21(23)3)41-12-11-26-32(35)36-19-37-33(26)41)25-13-22(14-25)7-10-30-38-27-9-8-24(34(4,5)6)16-28(27)39-30/h8-9,11-12,16,19-23,25,29,31,42H,7,10,13-15,17-18H2,1-6H3,(H,38,39)(H2,35,36,37). The van der Waals surface area contributed by atoms with E-state index in [1.54, 1.807) is 0 Å². The molecule has 0 spiro atoms. The van der Waals surface area contributed by atoms with Crippen LogP contribution in [0.25, 0.3) is 22.1 Å². The Hall–Kier alpha value is -2.97.